The third-order valence-corrected chi connectivity index (χ3v) is 3.24. The third kappa shape index (κ3) is 3.54. The number of nitrogens with two attached hydrogens (primary N) is 1. The molecule has 0 bridgehead atoms. The Labute approximate surface area is 107 Å². The van der Waals surface area contributed by atoms with Crippen LogP contribution in [0.2, 0.25) is 0 Å². The van der Waals surface area contributed by atoms with Gasteiger partial charge >= 0.3 is 0 Å². The summed E-state index contributed by atoms with van der Waals surface area (Å²) in [7, 11) is 1.62. The summed E-state index contributed by atoms with van der Waals surface area (Å²) in [6, 6.07) is 1.81. The van der Waals surface area contributed by atoms with Gasteiger partial charge < -0.3 is 15.5 Å². The van der Waals surface area contributed by atoms with Crippen molar-refractivity contribution in [1.29, 1.82) is 0 Å². The molecule has 2 rings (SSSR count). The summed E-state index contributed by atoms with van der Waals surface area (Å²) in [5, 5.41) is 3.36. The van der Waals surface area contributed by atoms with Gasteiger partial charge in [-0.2, -0.15) is 0 Å². The van der Waals surface area contributed by atoms with E-state index >= 15 is 0 Å². The molecule has 1 aromatic heterocycles. The molecule has 6 nitrogen and oxygen atoms in total. The van der Waals surface area contributed by atoms with Gasteiger partial charge in [0.1, 0.15) is 18.2 Å². The molecular weight excluding hydrogens is 230 g/mol. The number of methoxy groups -OCH3 is 1. The quantitative estimate of drug-likeness (QED) is 0.525. The molecule has 1 aromatic rings. The zero-order chi connectivity index (χ0) is 12.8. The van der Waals surface area contributed by atoms with E-state index in [1.54, 1.807) is 7.11 Å². The van der Waals surface area contributed by atoms with Crippen LogP contribution in [0, 0.1) is 5.92 Å². The molecule has 0 spiro atoms. The molecule has 0 amide bonds. The molecule has 1 fully saturated rings. The first-order chi connectivity index (χ1) is 8.81. The van der Waals surface area contributed by atoms with Crippen molar-refractivity contribution in [3.05, 3.63) is 11.9 Å². The fraction of sp³-hybridized carbons (Fsp3) is 0.667. The van der Waals surface area contributed by atoms with Crippen LogP contribution in [0.1, 0.15) is 31.5 Å². The lowest BCUT2D eigenvalue weighted by Crippen LogP contribution is -2.15. The minimum Gasteiger partial charge on any atom is -0.377 e. The van der Waals surface area contributed by atoms with Crippen LogP contribution in [0.5, 0.6) is 0 Å². The van der Waals surface area contributed by atoms with Gasteiger partial charge in [0.05, 0.1) is 0 Å². The van der Waals surface area contributed by atoms with Crippen LogP contribution in [0.25, 0.3) is 0 Å². The first kappa shape index (κ1) is 13.0. The van der Waals surface area contributed by atoms with E-state index in [0.29, 0.717) is 18.2 Å². The summed E-state index contributed by atoms with van der Waals surface area (Å²) in [6.07, 6.45) is 5.32. The Hall–Kier alpha value is -1.40. The van der Waals surface area contributed by atoms with Crippen molar-refractivity contribution in [1.82, 2.24) is 9.97 Å². The number of rotatable bonds is 6. The average Bonchev–Trinajstić information content (AvgIpc) is 2.89. The predicted octanol–water partition coefficient (Wildman–Crippen LogP) is 1.51. The first-order valence-electron chi connectivity index (χ1n) is 6.39. The van der Waals surface area contributed by atoms with Crippen LogP contribution < -0.4 is 16.6 Å². The maximum absolute atomic E-state index is 5.39. The number of hydrogen-bond donors (Lipinski definition) is 3. The lowest BCUT2D eigenvalue weighted by molar-refractivity contribution is 0.178. The van der Waals surface area contributed by atoms with Crippen molar-refractivity contribution in [3.63, 3.8) is 0 Å². The zero-order valence-electron chi connectivity index (χ0n) is 10.8. The molecule has 1 saturated carbocycles. The fourth-order valence-corrected chi connectivity index (χ4v) is 2.32. The normalized spacial score (nSPS) is 15.9. The second kappa shape index (κ2) is 6.51. The van der Waals surface area contributed by atoms with Gasteiger partial charge in [-0.15, -0.1) is 0 Å². The SMILES string of the molecule is COCc1nc(NN)cc(NCC2CCCC2)n1. The second-order valence-electron chi connectivity index (χ2n) is 4.66. The standard InChI is InChI=1S/C12H21N5O/c1-18-8-12-15-10(6-11(16-12)17-13)14-7-9-4-2-3-5-9/h6,9H,2-5,7-8,13H2,1H3,(H2,14,15,16,17). The Morgan fingerprint density at radius 1 is 1.33 bits per heavy atom. The molecule has 1 heterocycles. The molecule has 0 aliphatic heterocycles. The van der Waals surface area contributed by atoms with E-state index in [1.807, 2.05) is 6.07 Å². The van der Waals surface area contributed by atoms with Gasteiger partial charge in [0.25, 0.3) is 0 Å². The number of hydrazine groups is 1. The van der Waals surface area contributed by atoms with E-state index in [2.05, 4.69) is 20.7 Å². The van der Waals surface area contributed by atoms with Crippen molar-refractivity contribution < 1.29 is 4.74 Å². The Balaban J connectivity index is 1.98. The average molecular weight is 251 g/mol. The van der Waals surface area contributed by atoms with Crippen LogP contribution in [-0.4, -0.2) is 23.6 Å². The number of nitrogens with one attached hydrogen (secondary N) is 2. The molecule has 1 aliphatic carbocycles. The first-order valence-corrected chi connectivity index (χ1v) is 6.39. The summed E-state index contributed by atoms with van der Waals surface area (Å²) in [4.78, 5) is 8.60. The van der Waals surface area contributed by atoms with E-state index in [1.165, 1.54) is 25.7 Å². The smallest absolute Gasteiger partial charge is 0.158 e. The molecule has 0 radical (unpaired) electrons. The number of nitrogens with zero attached hydrogens (tertiary/aromatic N) is 2. The summed E-state index contributed by atoms with van der Waals surface area (Å²) in [5.74, 6) is 8.19. The van der Waals surface area contributed by atoms with Gasteiger partial charge in [-0.3, -0.25) is 0 Å². The highest BCUT2D eigenvalue weighted by Crippen LogP contribution is 2.24. The zero-order valence-corrected chi connectivity index (χ0v) is 10.8. The molecular formula is C12H21N5O. The Bertz CT molecular complexity index is 379. The number of nitrogen functional groups attached to an aromatic ring is 1. The maximum Gasteiger partial charge on any atom is 0.158 e. The van der Waals surface area contributed by atoms with E-state index in [0.717, 1.165) is 18.3 Å². The van der Waals surface area contributed by atoms with Crippen molar-refractivity contribution in [2.75, 3.05) is 24.4 Å². The highest BCUT2D eigenvalue weighted by Gasteiger charge is 2.15. The molecule has 0 saturated heterocycles. The van der Waals surface area contributed by atoms with Crippen LogP contribution in [0.15, 0.2) is 6.07 Å². The van der Waals surface area contributed by atoms with Crippen LogP contribution >= 0.6 is 0 Å². The minimum atomic E-state index is 0.383. The highest BCUT2D eigenvalue weighted by atomic mass is 16.5. The van der Waals surface area contributed by atoms with Crippen LogP contribution in [0.4, 0.5) is 11.6 Å². The number of ether oxygens (including phenoxy) is 1. The third-order valence-electron chi connectivity index (χ3n) is 3.24. The van der Waals surface area contributed by atoms with Crippen LogP contribution in [0.3, 0.4) is 0 Å². The molecule has 1 aliphatic rings. The Kier molecular flexibility index (Phi) is 4.72. The van der Waals surface area contributed by atoms with E-state index in [9.17, 15) is 0 Å². The predicted molar refractivity (Wildman–Crippen MR) is 71.0 cm³/mol. The molecule has 0 atom stereocenters. The molecule has 4 N–H and O–H groups in total. The Morgan fingerprint density at radius 2 is 2.06 bits per heavy atom. The molecule has 100 valence electrons. The summed E-state index contributed by atoms with van der Waals surface area (Å²) < 4.78 is 5.04. The van der Waals surface area contributed by atoms with Gasteiger partial charge in [0.15, 0.2) is 5.82 Å². The summed E-state index contributed by atoms with van der Waals surface area (Å²) >= 11 is 0. The lowest BCUT2D eigenvalue weighted by atomic mass is 10.1. The van der Waals surface area contributed by atoms with Gasteiger partial charge in [-0.1, -0.05) is 12.8 Å². The van der Waals surface area contributed by atoms with E-state index in [-0.39, 0.29) is 0 Å². The van der Waals surface area contributed by atoms with Gasteiger partial charge in [-0.25, -0.2) is 15.8 Å². The fourth-order valence-electron chi connectivity index (χ4n) is 2.32. The van der Waals surface area contributed by atoms with Crippen molar-refractivity contribution >= 4 is 11.6 Å². The Morgan fingerprint density at radius 3 is 2.72 bits per heavy atom. The van der Waals surface area contributed by atoms with Gasteiger partial charge in [-0.05, 0) is 18.8 Å². The minimum absolute atomic E-state index is 0.383. The molecule has 0 aromatic carbocycles. The van der Waals surface area contributed by atoms with E-state index < -0.39 is 0 Å². The highest BCUT2D eigenvalue weighted by molar-refractivity contribution is 5.46. The topological polar surface area (TPSA) is 85.1 Å². The number of hydrogen-bond acceptors (Lipinski definition) is 6. The van der Waals surface area contributed by atoms with Crippen molar-refractivity contribution in [2.45, 2.75) is 32.3 Å². The summed E-state index contributed by atoms with van der Waals surface area (Å²) in [5.41, 5.74) is 2.55. The molecule has 18 heavy (non-hydrogen) atoms. The lowest BCUT2D eigenvalue weighted by Gasteiger charge is -2.12. The van der Waals surface area contributed by atoms with Crippen molar-refractivity contribution in [3.8, 4) is 0 Å². The van der Waals surface area contributed by atoms with Crippen LogP contribution in [-0.2, 0) is 11.3 Å². The molecule has 0 unspecified atom stereocenters. The molecule has 6 heteroatoms. The van der Waals surface area contributed by atoms with Gasteiger partial charge in [0, 0.05) is 19.7 Å². The van der Waals surface area contributed by atoms with Gasteiger partial charge in [0.2, 0.25) is 0 Å². The summed E-state index contributed by atoms with van der Waals surface area (Å²) in [6.45, 7) is 1.35. The van der Waals surface area contributed by atoms with E-state index in [4.69, 9.17) is 10.6 Å². The second-order valence-corrected chi connectivity index (χ2v) is 4.66. The monoisotopic (exact) mass is 251 g/mol. The van der Waals surface area contributed by atoms with Crippen molar-refractivity contribution in [2.24, 2.45) is 11.8 Å². The number of anilines is 2. The largest absolute Gasteiger partial charge is 0.377 e. The number of aromatic nitrogens is 2. The maximum atomic E-state index is 5.39.